The van der Waals surface area contributed by atoms with E-state index >= 15 is 0 Å². The van der Waals surface area contributed by atoms with Gasteiger partial charge in [0, 0.05) is 30.1 Å². The fraction of sp³-hybridized carbons (Fsp3) is 0.182. The number of carbonyl (C=O) groups excluding carboxylic acids is 1. The molecule has 3 heterocycles. The number of hydrogen-bond donors (Lipinski definition) is 1. The summed E-state index contributed by atoms with van der Waals surface area (Å²) in [7, 11) is 0. The van der Waals surface area contributed by atoms with E-state index in [4.69, 9.17) is 4.52 Å². The van der Waals surface area contributed by atoms with Gasteiger partial charge in [0.25, 0.3) is 5.89 Å². The maximum absolute atomic E-state index is 13.6. The minimum absolute atomic E-state index is 0.0507. The molecular weight excluding hydrogens is 385 g/mol. The molecule has 4 aromatic rings. The SMILES string of the molecule is Cc1cc(N2CC(c3noc(-c4cc(-c5ccccc5)n[nH]4)n3)CC2=O)ccc1F. The molecular formula is C22H18FN5O2. The molecule has 7 nitrogen and oxygen atoms in total. The van der Waals surface area contributed by atoms with Crippen molar-refractivity contribution in [2.24, 2.45) is 0 Å². The number of hydrogen-bond acceptors (Lipinski definition) is 5. The van der Waals surface area contributed by atoms with Gasteiger partial charge in [-0.2, -0.15) is 10.1 Å². The quantitative estimate of drug-likeness (QED) is 0.554. The Labute approximate surface area is 171 Å². The highest BCUT2D eigenvalue weighted by molar-refractivity contribution is 5.96. The van der Waals surface area contributed by atoms with Crippen LogP contribution in [-0.4, -0.2) is 32.8 Å². The zero-order valence-electron chi connectivity index (χ0n) is 16.2. The van der Waals surface area contributed by atoms with E-state index in [0.717, 1.165) is 11.3 Å². The number of carbonyl (C=O) groups is 1. The molecule has 0 spiro atoms. The maximum Gasteiger partial charge on any atom is 0.275 e. The molecule has 0 saturated carbocycles. The van der Waals surface area contributed by atoms with E-state index in [9.17, 15) is 9.18 Å². The number of nitrogens with zero attached hydrogens (tertiary/aromatic N) is 4. The van der Waals surface area contributed by atoms with Gasteiger partial charge in [0.2, 0.25) is 5.91 Å². The Morgan fingerprint density at radius 2 is 2.00 bits per heavy atom. The van der Waals surface area contributed by atoms with Crippen molar-refractivity contribution in [2.75, 3.05) is 11.4 Å². The first-order valence-electron chi connectivity index (χ1n) is 9.60. The summed E-state index contributed by atoms with van der Waals surface area (Å²) in [5, 5.41) is 11.3. The molecule has 1 amide bonds. The normalized spacial score (nSPS) is 16.4. The van der Waals surface area contributed by atoms with E-state index in [0.29, 0.717) is 35.2 Å². The van der Waals surface area contributed by atoms with E-state index in [1.807, 2.05) is 36.4 Å². The van der Waals surface area contributed by atoms with Crippen LogP contribution in [0.4, 0.5) is 10.1 Å². The summed E-state index contributed by atoms with van der Waals surface area (Å²) in [6, 6.07) is 16.3. The van der Waals surface area contributed by atoms with Crippen molar-refractivity contribution in [3.63, 3.8) is 0 Å². The third-order valence-electron chi connectivity index (χ3n) is 5.26. The van der Waals surface area contributed by atoms with Crippen molar-refractivity contribution in [1.82, 2.24) is 20.3 Å². The Morgan fingerprint density at radius 1 is 1.17 bits per heavy atom. The highest BCUT2D eigenvalue weighted by atomic mass is 19.1. The lowest BCUT2D eigenvalue weighted by atomic mass is 10.1. The molecule has 1 unspecified atom stereocenters. The van der Waals surface area contributed by atoms with Crippen LogP contribution in [0.3, 0.4) is 0 Å². The van der Waals surface area contributed by atoms with Crippen LogP contribution in [0.15, 0.2) is 59.1 Å². The number of benzene rings is 2. The number of H-pyrrole nitrogens is 1. The lowest BCUT2D eigenvalue weighted by Gasteiger charge is -2.16. The zero-order valence-corrected chi connectivity index (χ0v) is 16.2. The molecule has 0 radical (unpaired) electrons. The van der Waals surface area contributed by atoms with E-state index in [1.54, 1.807) is 24.0 Å². The lowest BCUT2D eigenvalue weighted by molar-refractivity contribution is -0.117. The van der Waals surface area contributed by atoms with Gasteiger partial charge in [-0.25, -0.2) is 4.39 Å². The Kier molecular flexibility index (Phi) is 4.39. The number of aryl methyl sites for hydroxylation is 1. The van der Waals surface area contributed by atoms with Crippen LogP contribution in [0.1, 0.15) is 23.7 Å². The van der Waals surface area contributed by atoms with E-state index in [2.05, 4.69) is 20.3 Å². The van der Waals surface area contributed by atoms with Crippen LogP contribution in [0.25, 0.3) is 22.8 Å². The first-order chi connectivity index (χ1) is 14.6. The number of anilines is 1. The summed E-state index contributed by atoms with van der Waals surface area (Å²) in [5.41, 5.74) is 3.54. The minimum Gasteiger partial charge on any atom is -0.332 e. The van der Waals surface area contributed by atoms with Crippen molar-refractivity contribution in [3.05, 3.63) is 71.8 Å². The van der Waals surface area contributed by atoms with Gasteiger partial charge in [0.1, 0.15) is 11.5 Å². The van der Waals surface area contributed by atoms with Gasteiger partial charge in [-0.05, 0) is 36.8 Å². The minimum atomic E-state index is -0.292. The van der Waals surface area contributed by atoms with Crippen LogP contribution in [0.2, 0.25) is 0 Å². The summed E-state index contributed by atoms with van der Waals surface area (Å²) in [5.74, 6) is 0.250. The Balaban J connectivity index is 1.35. The smallest absolute Gasteiger partial charge is 0.275 e. The summed E-state index contributed by atoms with van der Waals surface area (Å²) in [6.07, 6.45) is 0.271. The molecule has 1 fully saturated rings. The number of aromatic nitrogens is 4. The van der Waals surface area contributed by atoms with Crippen molar-refractivity contribution in [3.8, 4) is 22.8 Å². The molecule has 1 atom stereocenters. The third kappa shape index (κ3) is 3.26. The first kappa shape index (κ1) is 18.2. The van der Waals surface area contributed by atoms with Crippen molar-refractivity contribution in [1.29, 1.82) is 0 Å². The van der Waals surface area contributed by atoms with Gasteiger partial charge in [-0.1, -0.05) is 35.5 Å². The standard InChI is InChI=1S/C22H18FN5O2/c1-13-9-16(7-8-17(13)23)28-12-15(10-20(28)29)21-24-22(30-27-21)19-11-18(25-26-19)14-5-3-2-4-6-14/h2-9,11,15H,10,12H2,1H3,(H,25,26). The molecule has 1 aliphatic heterocycles. The molecule has 0 aliphatic carbocycles. The van der Waals surface area contributed by atoms with E-state index < -0.39 is 0 Å². The van der Waals surface area contributed by atoms with Gasteiger partial charge in [-0.3, -0.25) is 9.89 Å². The second-order valence-corrected chi connectivity index (χ2v) is 7.33. The molecule has 150 valence electrons. The van der Waals surface area contributed by atoms with E-state index in [1.165, 1.54) is 6.07 Å². The van der Waals surface area contributed by atoms with Crippen LogP contribution in [-0.2, 0) is 4.79 Å². The molecule has 1 saturated heterocycles. The number of halogens is 1. The predicted molar refractivity (Wildman–Crippen MR) is 108 cm³/mol. The summed E-state index contributed by atoms with van der Waals surface area (Å²) < 4.78 is 19.0. The number of amides is 1. The average molecular weight is 403 g/mol. The maximum atomic E-state index is 13.6. The highest BCUT2D eigenvalue weighted by Crippen LogP contribution is 2.32. The zero-order chi connectivity index (χ0) is 20.7. The summed E-state index contributed by atoms with van der Waals surface area (Å²) in [4.78, 5) is 18.6. The second kappa shape index (κ2) is 7.22. The summed E-state index contributed by atoms with van der Waals surface area (Å²) in [6.45, 7) is 2.09. The largest absolute Gasteiger partial charge is 0.332 e. The third-order valence-corrected chi connectivity index (χ3v) is 5.26. The molecule has 30 heavy (non-hydrogen) atoms. The monoisotopic (exact) mass is 403 g/mol. The molecule has 8 heteroatoms. The number of rotatable bonds is 4. The first-order valence-corrected chi connectivity index (χ1v) is 9.60. The molecule has 2 aromatic heterocycles. The number of aromatic amines is 1. The average Bonchev–Trinajstić information content (AvgIpc) is 3.49. The van der Waals surface area contributed by atoms with Gasteiger partial charge in [0.15, 0.2) is 5.82 Å². The number of nitrogens with one attached hydrogen (secondary N) is 1. The Hall–Kier alpha value is -3.81. The molecule has 1 aliphatic rings. The lowest BCUT2D eigenvalue weighted by Crippen LogP contribution is -2.24. The van der Waals surface area contributed by atoms with Gasteiger partial charge in [0.05, 0.1) is 5.69 Å². The van der Waals surface area contributed by atoms with Crippen LogP contribution < -0.4 is 4.90 Å². The van der Waals surface area contributed by atoms with E-state index in [-0.39, 0.29) is 24.1 Å². The van der Waals surface area contributed by atoms with Crippen molar-refractivity contribution >= 4 is 11.6 Å². The fourth-order valence-corrected chi connectivity index (χ4v) is 3.62. The van der Waals surface area contributed by atoms with Crippen molar-refractivity contribution < 1.29 is 13.7 Å². The van der Waals surface area contributed by atoms with Gasteiger partial charge in [-0.15, -0.1) is 0 Å². The highest BCUT2D eigenvalue weighted by Gasteiger charge is 2.35. The van der Waals surface area contributed by atoms with Crippen LogP contribution in [0.5, 0.6) is 0 Å². The molecule has 5 rings (SSSR count). The Bertz CT molecular complexity index is 1220. The molecule has 2 aromatic carbocycles. The Morgan fingerprint density at radius 3 is 2.80 bits per heavy atom. The van der Waals surface area contributed by atoms with Gasteiger partial charge >= 0.3 is 0 Å². The predicted octanol–water partition coefficient (Wildman–Crippen LogP) is 4.09. The van der Waals surface area contributed by atoms with Crippen molar-refractivity contribution in [2.45, 2.75) is 19.3 Å². The molecule has 0 bridgehead atoms. The molecule has 1 N–H and O–H groups in total. The fourth-order valence-electron chi connectivity index (χ4n) is 3.62. The van der Waals surface area contributed by atoms with Gasteiger partial charge < -0.3 is 9.42 Å². The second-order valence-electron chi connectivity index (χ2n) is 7.33. The van der Waals surface area contributed by atoms with Crippen LogP contribution >= 0.6 is 0 Å². The topological polar surface area (TPSA) is 87.9 Å². The van der Waals surface area contributed by atoms with Crippen LogP contribution in [0, 0.1) is 12.7 Å². The summed E-state index contributed by atoms with van der Waals surface area (Å²) >= 11 is 0.